The van der Waals surface area contributed by atoms with Gasteiger partial charge in [0.1, 0.15) is 6.04 Å². The van der Waals surface area contributed by atoms with Crippen LogP contribution in [0.25, 0.3) is 0 Å². The minimum absolute atomic E-state index is 0.0892. The molecule has 5 N–H and O–H groups in total. The number of hydrogen-bond acceptors (Lipinski definition) is 3. The molecule has 0 heterocycles. The van der Waals surface area contributed by atoms with Crippen LogP contribution in [0.5, 0.6) is 0 Å². The SMILES string of the molecule is CC(NC(N)=O)C(=O)NCC1(C(=O)O)CC1. The van der Waals surface area contributed by atoms with Crippen molar-refractivity contribution in [1.82, 2.24) is 10.6 Å². The number of aliphatic carboxylic acids is 1. The molecule has 0 saturated heterocycles. The summed E-state index contributed by atoms with van der Waals surface area (Å²) in [7, 11) is 0. The second-order valence-corrected chi connectivity index (χ2v) is 4.03. The van der Waals surface area contributed by atoms with Crippen molar-refractivity contribution in [2.24, 2.45) is 11.1 Å². The molecular formula is C9H15N3O4. The van der Waals surface area contributed by atoms with Gasteiger partial charge in [-0.3, -0.25) is 9.59 Å². The zero-order valence-corrected chi connectivity index (χ0v) is 8.95. The monoisotopic (exact) mass is 229 g/mol. The van der Waals surface area contributed by atoms with Gasteiger partial charge in [0.25, 0.3) is 0 Å². The molecule has 3 amide bonds. The number of hydrogen-bond donors (Lipinski definition) is 4. The van der Waals surface area contributed by atoms with E-state index in [9.17, 15) is 14.4 Å². The molecule has 0 aliphatic heterocycles. The highest BCUT2D eigenvalue weighted by molar-refractivity contribution is 5.87. The zero-order valence-electron chi connectivity index (χ0n) is 8.95. The molecular weight excluding hydrogens is 214 g/mol. The fourth-order valence-electron chi connectivity index (χ4n) is 1.31. The number of carboxylic acid groups (broad SMARTS) is 1. The molecule has 0 aromatic carbocycles. The third kappa shape index (κ3) is 2.85. The van der Waals surface area contributed by atoms with Crippen molar-refractivity contribution in [3.63, 3.8) is 0 Å². The summed E-state index contributed by atoms with van der Waals surface area (Å²) < 4.78 is 0. The second kappa shape index (κ2) is 4.38. The first-order chi connectivity index (χ1) is 7.37. The molecule has 0 radical (unpaired) electrons. The Kier molecular flexibility index (Phi) is 3.36. The van der Waals surface area contributed by atoms with Crippen molar-refractivity contribution in [1.29, 1.82) is 0 Å². The molecule has 1 unspecified atom stereocenters. The Morgan fingerprint density at radius 2 is 2.00 bits per heavy atom. The summed E-state index contributed by atoms with van der Waals surface area (Å²) in [5, 5.41) is 13.5. The van der Waals surface area contributed by atoms with Crippen LogP contribution < -0.4 is 16.4 Å². The van der Waals surface area contributed by atoms with Gasteiger partial charge in [-0.05, 0) is 19.8 Å². The standard InChI is InChI=1S/C9H15N3O4/c1-5(12-8(10)16)6(13)11-4-9(2-3-9)7(14)15/h5H,2-4H2,1H3,(H,11,13)(H,14,15)(H3,10,12,16). The third-order valence-electron chi connectivity index (χ3n) is 2.66. The molecule has 0 spiro atoms. The van der Waals surface area contributed by atoms with E-state index < -0.39 is 29.4 Å². The van der Waals surface area contributed by atoms with Crippen LogP contribution in [0.1, 0.15) is 19.8 Å². The maximum Gasteiger partial charge on any atom is 0.312 e. The fourth-order valence-corrected chi connectivity index (χ4v) is 1.31. The highest BCUT2D eigenvalue weighted by atomic mass is 16.4. The molecule has 1 atom stereocenters. The minimum Gasteiger partial charge on any atom is -0.481 e. The number of primary amides is 1. The molecule has 0 aromatic heterocycles. The van der Waals surface area contributed by atoms with E-state index in [2.05, 4.69) is 10.6 Å². The lowest BCUT2D eigenvalue weighted by atomic mass is 10.1. The van der Waals surface area contributed by atoms with Gasteiger partial charge in [0.05, 0.1) is 5.41 Å². The molecule has 0 bridgehead atoms. The van der Waals surface area contributed by atoms with E-state index in [0.29, 0.717) is 12.8 Å². The number of carbonyl (C=O) groups is 3. The molecule has 1 aliphatic carbocycles. The van der Waals surface area contributed by atoms with Gasteiger partial charge < -0.3 is 21.5 Å². The van der Waals surface area contributed by atoms with E-state index in [0.717, 1.165) is 0 Å². The van der Waals surface area contributed by atoms with E-state index >= 15 is 0 Å². The summed E-state index contributed by atoms with van der Waals surface area (Å²) in [5.74, 6) is -1.34. The Balaban J connectivity index is 2.35. The zero-order chi connectivity index (χ0) is 12.3. The Morgan fingerprint density at radius 1 is 1.44 bits per heavy atom. The van der Waals surface area contributed by atoms with Crippen LogP contribution in [-0.2, 0) is 9.59 Å². The number of nitrogens with two attached hydrogens (primary N) is 1. The van der Waals surface area contributed by atoms with Crippen molar-refractivity contribution in [2.75, 3.05) is 6.54 Å². The summed E-state index contributed by atoms with van der Waals surface area (Å²) in [4.78, 5) is 32.7. The van der Waals surface area contributed by atoms with E-state index in [1.54, 1.807) is 0 Å². The first-order valence-electron chi connectivity index (χ1n) is 4.94. The maximum atomic E-state index is 11.4. The van der Waals surface area contributed by atoms with Crippen molar-refractivity contribution in [2.45, 2.75) is 25.8 Å². The molecule has 7 nitrogen and oxygen atoms in total. The Labute approximate surface area is 92.4 Å². The molecule has 90 valence electrons. The van der Waals surface area contributed by atoms with Crippen molar-refractivity contribution in [3.05, 3.63) is 0 Å². The lowest BCUT2D eigenvalue weighted by Crippen LogP contribution is -2.48. The molecule has 7 heteroatoms. The van der Waals surface area contributed by atoms with Crippen LogP contribution in [0.15, 0.2) is 0 Å². The molecule has 1 saturated carbocycles. The number of amides is 3. The number of rotatable bonds is 5. The molecule has 0 aromatic rings. The first kappa shape index (κ1) is 12.3. The van der Waals surface area contributed by atoms with Gasteiger partial charge in [0, 0.05) is 6.54 Å². The van der Waals surface area contributed by atoms with Crippen LogP contribution in [-0.4, -0.2) is 35.6 Å². The Hall–Kier alpha value is -1.79. The summed E-state index contributed by atoms with van der Waals surface area (Å²) in [5.41, 5.74) is 4.05. The number of carboxylic acids is 1. The van der Waals surface area contributed by atoms with E-state index in [1.807, 2.05) is 0 Å². The van der Waals surface area contributed by atoms with Gasteiger partial charge in [-0.1, -0.05) is 0 Å². The predicted octanol–water partition coefficient (Wildman–Crippen LogP) is -0.976. The highest BCUT2D eigenvalue weighted by Gasteiger charge is 2.50. The molecule has 1 fully saturated rings. The lowest BCUT2D eigenvalue weighted by molar-refractivity contribution is -0.143. The second-order valence-electron chi connectivity index (χ2n) is 4.03. The normalized spacial score (nSPS) is 18.3. The number of carbonyl (C=O) groups excluding carboxylic acids is 2. The van der Waals surface area contributed by atoms with Gasteiger partial charge in [0.15, 0.2) is 0 Å². The fraction of sp³-hybridized carbons (Fsp3) is 0.667. The first-order valence-corrected chi connectivity index (χ1v) is 4.94. The maximum absolute atomic E-state index is 11.4. The summed E-state index contributed by atoms with van der Waals surface area (Å²) in [6.45, 7) is 1.56. The van der Waals surface area contributed by atoms with E-state index in [4.69, 9.17) is 10.8 Å². The molecule has 1 rings (SSSR count). The van der Waals surface area contributed by atoms with Gasteiger partial charge >= 0.3 is 12.0 Å². The van der Waals surface area contributed by atoms with Crippen molar-refractivity contribution in [3.8, 4) is 0 Å². The summed E-state index contributed by atoms with van der Waals surface area (Å²) in [6.07, 6.45) is 1.14. The Morgan fingerprint density at radius 3 is 2.38 bits per heavy atom. The van der Waals surface area contributed by atoms with Crippen LogP contribution in [0.2, 0.25) is 0 Å². The van der Waals surface area contributed by atoms with Gasteiger partial charge in [-0.2, -0.15) is 0 Å². The molecule has 16 heavy (non-hydrogen) atoms. The summed E-state index contributed by atoms with van der Waals surface area (Å²) in [6, 6.07) is -1.55. The topological polar surface area (TPSA) is 122 Å². The van der Waals surface area contributed by atoms with Crippen LogP contribution >= 0.6 is 0 Å². The van der Waals surface area contributed by atoms with Crippen LogP contribution in [0, 0.1) is 5.41 Å². The Bertz CT molecular complexity index is 325. The predicted molar refractivity (Wildman–Crippen MR) is 54.5 cm³/mol. The van der Waals surface area contributed by atoms with Crippen molar-refractivity contribution < 1.29 is 19.5 Å². The van der Waals surface area contributed by atoms with Gasteiger partial charge in [0.2, 0.25) is 5.91 Å². The van der Waals surface area contributed by atoms with E-state index in [1.165, 1.54) is 6.92 Å². The van der Waals surface area contributed by atoms with Gasteiger partial charge in [-0.15, -0.1) is 0 Å². The van der Waals surface area contributed by atoms with E-state index in [-0.39, 0.29) is 6.54 Å². The highest BCUT2D eigenvalue weighted by Crippen LogP contribution is 2.45. The van der Waals surface area contributed by atoms with Crippen LogP contribution in [0.3, 0.4) is 0 Å². The number of urea groups is 1. The smallest absolute Gasteiger partial charge is 0.312 e. The lowest BCUT2D eigenvalue weighted by Gasteiger charge is -2.15. The number of nitrogens with one attached hydrogen (secondary N) is 2. The summed E-state index contributed by atoms with van der Waals surface area (Å²) >= 11 is 0. The molecule has 1 aliphatic rings. The van der Waals surface area contributed by atoms with Crippen molar-refractivity contribution >= 4 is 17.9 Å². The van der Waals surface area contributed by atoms with Gasteiger partial charge in [-0.25, -0.2) is 4.79 Å². The average Bonchev–Trinajstić information content (AvgIpc) is 2.93. The quantitative estimate of drug-likeness (QED) is 0.484. The van der Waals surface area contributed by atoms with Crippen LogP contribution in [0.4, 0.5) is 4.79 Å². The average molecular weight is 229 g/mol. The third-order valence-corrected chi connectivity index (χ3v) is 2.66. The minimum atomic E-state index is -0.900. The largest absolute Gasteiger partial charge is 0.481 e.